The fourth-order valence-corrected chi connectivity index (χ4v) is 3.98. The zero-order chi connectivity index (χ0) is 22.3. The Morgan fingerprint density at radius 2 is 1.81 bits per heavy atom. The first-order chi connectivity index (χ1) is 14.8. The van der Waals surface area contributed by atoms with E-state index in [2.05, 4.69) is 41.4 Å². The monoisotopic (exact) mass is 440 g/mol. The van der Waals surface area contributed by atoms with Crippen LogP contribution in [0.1, 0.15) is 39.2 Å². The third-order valence-electron chi connectivity index (χ3n) is 4.89. The molecule has 1 fully saturated rings. The summed E-state index contributed by atoms with van der Waals surface area (Å²) in [6.45, 7) is 7.16. The second-order valence-corrected chi connectivity index (χ2v) is 9.75. The van der Waals surface area contributed by atoms with Gasteiger partial charge in [-0.1, -0.05) is 30.3 Å². The molecule has 7 heteroatoms. The molecule has 6 nitrogen and oxygen atoms in total. The maximum atomic E-state index is 13.0. The minimum absolute atomic E-state index is 0.00853. The molecule has 2 atom stereocenters. The third kappa shape index (κ3) is 7.69. The SMILES string of the molecule is CC(C)(C)NSc1ccc(NC(=O)C(Cc2ccccc2)NC(=O)C2CCCN2)cc1. The van der Waals surface area contributed by atoms with Crippen molar-refractivity contribution in [3.8, 4) is 0 Å². The van der Waals surface area contributed by atoms with Crippen LogP contribution in [0.15, 0.2) is 59.5 Å². The summed E-state index contributed by atoms with van der Waals surface area (Å²) in [7, 11) is 0. The molecule has 0 bridgehead atoms. The third-order valence-corrected chi connectivity index (χ3v) is 6.11. The van der Waals surface area contributed by atoms with Crippen LogP contribution in [0.2, 0.25) is 0 Å². The predicted octanol–water partition coefficient (Wildman–Crippen LogP) is 3.50. The number of hydrogen-bond donors (Lipinski definition) is 4. The van der Waals surface area contributed by atoms with Gasteiger partial charge in [0.05, 0.1) is 6.04 Å². The molecule has 31 heavy (non-hydrogen) atoms. The molecule has 2 amide bonds. The van der Waals surface area contributed by atoms with Gasteiger partial charge in [-0.3, -0.25) is 14.3 Å². The topological polar surface area (TPSA) is 82.3 Å². The molecule has 1 heterocycles. The highest BCUT2D eigenvalue weighted by Gasteiger charge is 2.27. The minimum atomic E-state index is -0.645. The summed E-state index contributed by atoms with van der Waals surface area (Å²) in [6, 6.07) is 16.6. The summed E-state index contributed by atoms with van der Waals surface area (Å²) in [6.07, 6.45) is 2.21. The van der Waals surface area contributed by atoms with E-state index in [4.69, 9.17) is 0 Å². The van der Waals surface area contributed by atoms with Gasteiger partial charge in [-0.15, -0.1) is 0 Å². The number of benzene rings is 2. The van der Waals surface area contributed by atoms with Crippen LogP contribution in [0.3, 0.4) is 0 Å². The number of hydrogen-bond acceptors (Lipinski definition) is 5. The van der Waals surface area contributed by atoms with Crippen LogP contribution in [0.5, 0.6) is 0 Å². The van der Waals surface area contributed by atoms with E-state index in [-0.39, 0.29) is 23.4 Å². The molecular weight excluding hydrogens is 408 g/mol. The smallest absolute Gasteiger partial charge is 0.247 e. The first-order valence-electron chi connectivity index (χ1n) is 10.7. The summed E-state index contributed by atoms with van der Waals surface area (Å²) in [5.74, 6) is -0.336. The molecule has 2 unspecified atom stereocenters. The van der Waals surface area contributed by atoms with Crippen molar-refractivity contribution in [1.29, 1.82) is 0 Å². The van der Waals surface area contributed by atoms with Gasteiger partial charge in [0.15, 0.2) is 0 Å². The van der Waals surface area contributed by atoms with Crippen molar-refractivity contribution in [3.05, 3.63) is 60.2 Å². The number of nitrogens with one attached hydrogen (secondary N) is 4. The summed E-state index contributed by atoms with van der Waals surface area (Å²) in [5, 5.41) is 9.09. The lowest BCUT2D eigenvalue weighted by Gasteiger charge is -2.21. The molecule has 1 saturated heterocycles. The standard InChI is InChI=1S/C24H32N4O2S/c1-24(2,3)28-31-19-13-11-18(12-14-19)26-23(30)21(16-17-8-5-4-6-9-17)27-22(29)20-10-7-15-25-20/h4-6,8-9,11-14,20-21,25,28H,7,10,15-16H2,1-3H3,(H,26,30)(H,27,29). The van der Waals surface area contributed by atoms with E-state index in [1.807, 2.05) is 54.6 Å². The van der Waals surface area contributed by atoms with E-state index >= 15 is 0 Å². The first-order valence-corrected chi connectivity index (χ1v) is 11.5. The molecular formula is C24H32N4O2S. The fraction of sp³-hybridized carbons (Fsp3) is 0.417. The number of amides is 2. The van der Waals surface area contributed by atoms with E-state index in [0.717, 1.165) is 29.8 Å². The second kappa shape index (κ2) is 10.8. The van der Waals surface area contributed by atoms with Crippen LogP contribution in [-0.4, -0.2) is 36.0 Å². The van der Waals surface area contributed by atoms with Gasteiger partial charge in [0.2, 0.25) is 11.8 Å². The maximum absolute atomic E-state index is 13.0. The second-order valence-electron chi connectivity index (χ2n) is 8.87. The van der Waals surface area contributed by atoms with Crippen molar-refractivity contribution in [1.82, 2.24) is 15.4 Å². The van der Waals surface area contributed by atoms with Gasteiger partial charge < -0.3 is 16.0 Å². The zero-order valence-corrected chi connectivity index (χ0v) is 19.2. The number of carbonyl (C=O) groups is 2. The molecule has 1 aliphatic rings. The van der Waals surface area contributed by atoms with Crippen molar-refractivity contribution < 1.29 is 9.59 Å². The van der Waals surface area contributed by atoms with Crippen LogP contribution in [-0.2, 0) is 16.0 Å². The molecule has 0 radical (unpaired) electrons. The molecule has 0 spiro atoms. The lowest BCUT2D eigenvalue weighted by Crippen LogP contribution is -2.50. The van der Waals surface area contributed by atoms with E-state index in [0.29, 0.717) is 12.1 Å². The van der Waals surface area contributed by atoms with Crippen LogP contribution >= 0.6 is 11.9 Å². The number of anilines is 1. The molecule has 0 aliphatic carbocycles. The lowest BCUT2D eigenvalue weighted by molar-refractivity contribution is -0.127. The summed E-state index contributed by atoms with van der Waals surface area (Å²) in [5.41, 5.74) is 1.72. The average molecular weight is 441 g/mol. The van der Waals surface area contributed by atoms with E-state index in [9.17, 15) is 9.59 Å². The fourth-order valence-electron chi connectivity index (χ4n) is 3.29. The Morgan fingerprint density at radius 1 is 1.10 bits per heavy atom. The molecule has 0 aromatic heterocycles. The van der Waals surface area contributed by atoms with Gasteiger partial charge in [-0.2, -0.15) is 0 Å². The van der Waals surface area contributed by atoms with Crippen LogP contribution in [0.25, 0.3) is 0 Å². The lowest BCUT2D eigenvalue weighted by atomic mass is 10.0. The van der Waals surface area contributed by atoms with Gasteiger partial charge in [-0.05, 0) is 81.9 Å². The van der Waals surface area contributed by atoms with Gasteiger partial charge in [0.25, 0.3) is 0 Å². The van der Waals surface area contributed by atoms with E-state index in [1.54, 1.807) is 11.9 Å². The van der Waals surface area contributed by atoms with Crippen molar-refractivity contribution in [2.24, 2.45) is 0 Å². The Kier molecular flexibility index (Phi) is 8.12. The van der Waals surface area contributed by atoms with Crippen LogP contribution in [0.4, 0.5) is 5.69 Å². The highest BCUT2D eigenvalue weighted by atomic mass is 32.2. The Hall–Kier alpha value is -2.35. The predicted molar refractivity (Wildman–Crippen MR) is 127 cm³/mol. The largest absolute Gasteiger partial charge is 0.343 e. The first kappa shape index (κ1) is 23.3. The Labute approximate surface area is 189 Å². The molecule has 2 aromatic carbocycles. The molecule has 4 N–H and O–H groups in total. The Balaban J connectivity index is 1.64. The molecule has 3 rings (SSSR count). The van der Waals surface area contributed by atoms with Crippen LogP contribution in [0, 0.1) is 0 Å². The van der Waals surface area contributed by atoms with Crippen molar-refractivity contribution >= 4 is 29.4 Å². The highest BCUT2D eigenvalue weighted by Crippen LogP contribution is 2.21. The molecule has 2 aromatic rings. The Morgan fingerprint density at radius 3 is 2.42 bits per heavy atom. The van der Waals surface area contributed by atoms with Crippen molar-refractivity contribution in [2.45, 2.75) is 62.6 Å². The van der Waals surface area contributed by atoms with Crippen molar-refractivity contribution in [2.75, 3.05) is 11.9 Å². The Bertz CT molecular complexity index is 859. The zero-order valence-electron chi connectivity index (χ0n) is 18.4. The molecule has 1 aliphatic heterocycles. The van der Waals surface area contributed by atoms with Gasteiger partial charge >= 0.3 is 0 Å². The van der Waals surface area contributed by atoms with Gasteiger partial charge in [0, 0.05) is 22.5 Å². The summed E-state index contributed by atoms with van der Waals surface area (Å²) < 4.78 is 3.37. The number of rotatable bonds is 8. The molecule has 0 saturated carbocycles. The van der Waals surface area contributed by atoms with Gasteiger partial charge in [0.1, 0.15) is 6.04 Å². The van der Waals surface area contributed by atoms with Gasteiger partial charge in [-0.25, -0.2) is 0 Å². The quantitative estimate of drug-likeness (QED) is 0.473. The normalized spacial score (nSPS) is 17.2. The van der Waals surface area contributed by atoms with E-state index < -0.39 is 6.04 Å². The molecule has 166 valence electrons. The maximum Gasteiger partial charge on any atom is 0.247 e. The van der Waals surface area contributed by atoms with Crippen LogP contribution < -0.4 is 20.7 Å². The van der Waals surface area contributed by atoms with Crippen molar-refractivity contribution in [3.63, 3.8) is 0 Å². The number of carbonyl (C=O) groups excluding carboxylic acids is 2. The average Bonchev–Trinajstić information content (AvgIpc) is 3.28. The highest BCUT2D eigenvalue weighted by molar-refractivity contribution is 7.97. The summed E-state index contributed by atoms with van der Waals surface area (Å²) in [4.78, 5) is 26.7. The summed E-state index contributed by atoms with van der Waals surface area (Å²) >= 11 is 1.56. The minimum Gasteiger partial charge on any atom is -0.343 e. The van der Waals surface area contributed by atoms with E-state index in [1.165, 1.54) is 0 Å².